The number of ether oxygens (including phenoxy) is 1. The molecule has 4 N–H and O–H groups in total. The second-order valence-corrected chi connectivity index (χ2v) is 6.78. The summed E-state index contributed by atoms with van der Waals surface area (Å²) in [5, 5.41) is 14.4. The third-order valence-electron chi connectivity index (χ3n) is 3.13. The number of amidine groups is 1. The minimum atomic E-state index is -4.47. The monoisotopic (exact) mass is 405 g/mol. The normalized spacial score (nSPS) is 13.6. The molecule has 0 aliphatic rings. The van der Waals surface area contributed by atoms with Gasteiger partial charge in [-0.05, 0) is 38.5 Å². The molecule has 0 aromatic heterocycles. The van der Waals surface area contributed by atoms with Crippen molar-refractivity contribution in [2.45, 2.75) is 45.0 Å². The molecule has 0 bridgehead atoms. The van der Waals surface area contributed by atoms with Crippen LogP contribution in [0.3, 0.4) is 0 Å². The topological polar surface area (TPSA) is 123 Å². The minimum absolute atomic E-state index is 0.0247. The van der Waals surface area contributed by atoms with Gasteiger partial charge in [0.05, 0.1) is 11.6 Å². The average molecular weight is 405 g/mol. The molecule has 0 fully saturated rings. The van der Waals surface area contributed by atoms with Crippen molar-refractivity contribution >= 4 is 17.9 Å². The molecule has 0 radical (unpaired) electrons. The van der Waals surface area contributed by atoms with Crippen LogP contribution in [-0.2, 0) is 27.0 Å². The molecule has 0 heterocycles. The molecule has 0 spiro atoms. The molecule has 1 aromatic carbocycles. The molecule has 0 unspecified atom stereocenters. The third kappa shape index (κ3) is 8.60. The maximum atomic E-state index is 12.7. The van der Waals surface area contributed by atoms with E-state index in [2.05, 4.69) is 15.3 Å². The van der Waals surface area contributed by atoms with Gasteiger partial charge in [0.1, 0.15) is 5.60 Å². The van der Waals surface area contributed by atoms with Gasteiger partial charge in [0.15, 0.2) is 5.84 Å². The van der Waals surface area contributed by atoms with Gasteiger partial charge in [0.2, 0.25) is 6.61 Å². The molecular formula is C17H22F3N3O5. The number of hydrogen-bond donors (Lipinski definition) is 3. The maximum Gasteiger partial charge on any atom is 0.416 e. The Labute approximate surface area is 159 Å². The van der Waals surface area contributed by atoms with Crippen LogP contribution in [0.1, 0.15) is 31.9 Å². The molecule has 0 aliphatic heterocycles. The zero-order valence-corrected chi connectivity index (χ0v) is 15.5. The predicted octanol–water partition coefficient (Wildman–Crippen LogP) is 2.51. The number of oxime groups is 1. The van der Waals surface area contributed by atoms with E-state index in [1.807, 2.05) is 0 Å². The van der Waals surface area contributed by atoms with Crippen LogP contribution >= 0.6 is 0 Å². The number of halogens is 3. The van der Waals surface area contributed by atoms with Gasteiger partial charge in [-0.1, -0.05) is 17.3 Å². The molecule has 1 atom stereocenters. The number of hydrogen-bond acceptors (Lipinski definition) is 5. The van der Waals surface area contributed by atoms with E-state index in [9.17, 15) is 22.8 Å². The van der Waals surface area contributed by atoms with Crippen molar-refractivity contribution in [1.82, 2.24) is 5.32 Å². The van der Waals surface area contributed by atoms with Crippen LogP contribution in [0.25, 0.3) is 0 Å². The Bertz CT molecular complexity index is 712. The van der Waals surface area contributed by atoms with Crippen molar-refractivity contribution in [1.29, 1.82) is 0 Å². The van der Waals surface area contributed by atoms with Gasteiger partial charge < -0.3 is 25.7 Å². The lowest BCUT2D eigenvalue weighted by atomic mass is 10.0. The number of carbonyl (C=O) groups is 2. The van der Waals surface area contributed by atoms with E-state index in [1.54, 1.807) is 20.8 Å². The summed E-state index contributed by atoms with van der Waals surface area (Å²) in [5.41, 5.74) is 4.55. The Morgan fingerprint density at radius 3 is 2.25 bits per heavy atom. The molecule has 0 saturated carbocycles. The van der Waals surface area contributed by atoms with Crippen molar-refractivity contribution in [3.8, 4) is 0 Å². The van der Waals surface area contributed by atoms with Gasteiger partial charge in [-0.2, -0.15) is 13.2 Å². The number of rotatable bonds is 7. The second-order valence-electron chi connectivity index (χ2n) is 6.78. The quantitative estimate of drug-likeness (QED) is 0.364. The van der Waals surface area contributed by atoms with Crippen molar-refractivity contribution in [3.05, 3.63) is 35.4 Å². The number of carbonyl (C=O) groups excluding carboxylic acids is 1. The largest absolute Gasteiger partial charge is 0.479 e. The van der Waals surface area contributed by atoms with E-state index in [0.29, 0.717) is 5.56 Å². The highest BCUT2D eigenvalue weighted by Crippen LogP contribution is 2.29. The number of nitrogens with one attached hydrogen (secondary N) is 1. The van der Waals surface area contributed by atoms with Gasteiger partial charge in [-0.3, -0.25) is 0 Å². The number of nitrogens with zero attached hydrogens (tertiary/aromatic N) is 1. The third-order valence-corrected chi connectivity index (χ3v) is 3.13. The summed E-state index contributed by atoms with van der Waals surface area (Å²) < 4.78 is 43.1. The van der Waals surface area contributed by atoms with Crippen LogP contribution in [0, 0.1) is 0 Å². The number of amides is 1. The Kier molecular flexibility index (Phi) is 7.65. The number of carboxylic acid groups (broad SMARTS) is 1. The molecular weight excluding hydrogens is 383 g/mol. The lowest BCUT2D eigenvalue weighted by molar-refractivity contribution is -0.142. The fraction of sp³-hybridized carbons (Fsp3) is 0.471. The number of aliphatic carboxylic acids is 1. The first kappa shape index (κ1) is 23.1. The summed E-state index contributed by atoms with van der Waals surface area (Å²) in [6.45, 7) is 4.18. The minimum Gasteiger partial charge on any atom is -0.479 e. The first-order valence-corrected chi connectivity index (χ1v) is 8.10. The van der Waals surface area contributed by atoms with E-state index in [0.717, 1.165) is 12.1 Å². The first-order valence-electron chi connectivity index (χ1n) is 8.10. The molecule has 8 nitrogen and oxygen atoms in total. The Morgan fingerprint density at radius 1 is 1.21 bits per heavy atom. The number of alkyl carbamates (subject to hydrolysis) is 1. The summed E-state index contributed by atoms with van der Waals surface area (Å²) in [7, 11) is 0. The maximum absolute atomic E-state index is 12.7. The highest BCUT2D eigenvalue weighted by molar-refractivity contribution is 5.88. The molecule has 1 amide bonds. The van der Waals surface area contributed by atoms with E-state index >= 15 is 0 Å². The fourth-order valence-electron chi connectivity index (χ4n) is 1.97. The van der Waals surface area contributed by atoms with E-state index in [1.165, 1.54) is 12.1 Å². The van der Waals surface area contributed by atoms with E-state index in [4.69, 9.17) is 15.6 Å². The zero-order chi connectivity index (χ0) is 21.5. The highest BCUT2D eigenvalue weighted by atomic mass is 19.4. The Balaban J connectivity index is 2.96. The van der Waals surface area contributed by atoms with E-state index in [-0.39, 0.29) is 12.3 Å². The van der Waals surface area contributed by atoms with Crippen LogP contribution in [-0.4, -0.2) is 41.3 Å². The Morgan fingerprint density at radius 2 is 1.79 bits per heavy atom. The lowest BCUT2D eigenvalue weighted by Crippen LogP contribution is -2.47. The Hall–Kier alpha value is -2.98. The fourth-order valence-corrected chi connectivity index (χ4v) is 1.97. The SMILES string of the molecule is CC(C)(C)OC(=O)N[C@@H](Cc1ccc(C(F)(F)F)cc1)/C(N)=N/OCC(=O)O. The zero-order valence-electron chi connectivity index (χ0n) is 15.5. The van der Waals surface area contributed by atoms with Crippen molar-refractivity contribution in [2.75, 3.05) is 6.61 Å². The average Bonchev–Trinajstić information content (AvgIpc) is 2.51. The van der Waals surface area contributed by atoms with E-state index < -0.39 is 42.1 Å². The van der Waals surface area contributed by atoms with Gasteiger partial charge >= 0.3 is 18.2 Å². The van der Waals surface area contributed by atoms with Crippen LogP contribution in [0.2, 0.25) is 0 Å². The molecule has 1 rings (SSSR count). The van der Waals surface area contributed by atoms with Crippen LogP contribution in [0.4, 0.5) is 18.0 Å². The summed E-state index contributed by atoms with van der Waals surface area (Å²) in [6, 6.07) is 3.26. The summed E-state index contributed by atoms with van der Waals surface area (Å²) in [4.78, 5) is 27.0. The molecule has 1 aromatic rings. The van der Waals surface area contributed by atoms with Crippen molar-refractivity contribution < 1.29 is 37.4 Å². The molecule has 28 heavy (non-hydrogen) atoms. The molecule has 156 valence electrons. The highest BCUT2D eigenvalue weighted by Gasteiger charge is 2.30. The number of nitrogens with two attached hydrogens (primary N) is 1. The number of carboxylic acids is 1. The molecule has 11 heteroatoms. The van der Waals surface area contributed by atoms with Gasteiger partial charge in [-0.15, -0.1) is 0 Å². The van der Waals surface area contributed by atoms with Crippen LogP contribution in [0.5, 0.6) is 0 Å². The summed E-state index contributed by atoms with van der Waals surface area (Å²) in [5.74, 6) is -1.55. The van der Waals surface area contributed by atoms with Gasteiger partial charge in [-0.25, -0.2) is 9.59 Å². The van der Waals surface area contributed by atoms with Crippen molar-refractivity contribution in [3.63, 3.8) is 0 Å². The molecule has 0 aliphatic carbocycles. The standard InChI is InChI=1S/C17H22F3N3O5/c1-16(2,3)28-15(26)22-12(14(21)23-27-9-13(24)25)8-10-4-6-11(7-5-10)17(18,19)20/h4-7,12H,8-9H2,1-3H3,(H2,21,23)(H,22,26)(H,24,25)/t12-/m0/s1. The van der Waals surface area contributed by atoms with Gasteiger partial charge in [0, 0.05) is 6.42 Å². The molecule has 0 saturated heterocycles. The first-order chi connectivity index (χ1) is 12.8. The van der Waals surface area contributed by atoms with Crippen molar-refractivity contribution in [2.24, 2.45) is 10.9 Å². The van der Waals surface area contributed by atoms with Crippen LogP contribution < -0.4 is 11.1 Å². The lowest BCUT2D eigenvalue weighted by Gasteiger charge is -2.23. The summed E-state index contributed by atoms with van der Waals surface area (Å²) in [6.07, 6.45) is -5.33. The second kappa shape index (κ2) is 9.29. The van der Waals surface area contributed by atoms with Crippen LogP contribution in [0.15, 0.2) is 29.4 Å². The predicted molar refractivity (Wildman–Crippen MR) is 93.5 cm³/mol. The number of benzene rings is 1. The van der Waals surface area contributed by atoms with Gasteiger partial charge in [0.25, 0.3) is 0 Å². The summed E-state index contributed by atoms with van der Waals surface area (Å²) >= 11 is 0. The smallest absolute Gasteiger partial charge is 0.416 e. The number of alkyl halides is 3.